The number of nitrogens with zero attached hydrogens (tertiary/aromatic N) is 3. The SMILES string of the molecule is Cc1ccc([N+](=O)[O-])cc1S(=O)(=O)N1CCN(C23CC4CC(CC(C4)C2)C3)CC1. The summed E-state index contributed by atoms with van der Waals surface area (Å²) in [4.78, 5) is 13.2. The van der Waals surface area contributed by atoms with Gasteiger partial charge in [-0.3, -0.25) is 15.0 Å². The van der Waals surface area contributed by atoms with E-state index in [0.717, 1.165) is 30.8 Å². The van der Waals surface area contributed by atoms with Crippen LogP contribution in [-0.2, 0) is 10.0 Å². The number of nitro groups is 1. The molecule has 29 heavy (non-hydrogen) atoms. The van der Waals surface area contributed by atoms with Crippen molar-refractivity contribution in [3.8, 4) is 0 Å². The van der Waals surface area contributed by atoms with Gasteiger partial charge in [-0.05, 0) is 68.8 Å². The molecule has 0 atom stereocenters. The van der Waals surface area contributed by atoms with E-state index in [9.17, 15) is 18.5 Å². The number of rotatable bonds is 4. The third kappa shape index (κ3) is 3.20. The van der Waals surface area contributed by atoms with E-state index in [4.69, 9.17) is 0 Å². The lowest BCUT2D eigenvalue weighted by Gasteiger charge is -2.61. The van der Waals surface area contributed by atoms with Gasteiger partial charge in [0.05, 0.1) is 9.82 Å². The van der Waals surface area contributed by atoms with Crippen LogP contribution in [0.4, 0.5) is 5.69 Å². The van der Waals surface area contributed by atoms with Crippen molar-refractivity contribution >= 4 is 15.7 Å². The van der Waals surface area contributed by atoms with E-state index in [-0.39, 0.29) is 10.6 Å². The highest BCUT2D eigenvalue weighted by atomic mass is 32.2. The van der Waals surface area contributed by atoms with Gasteiger partial charge in [-0.2, -0.15) is 4.31 Å². The predicted molar refractivity (Wildman–Crippen MR) is 109 cm³/mol. The Morgan fingerprint density at radius 3 is 2.07 bits per heavy atom. The van der Waals surface area contributed by atoms with Gasteiger partial charge < -0.3 is 0 Å². The van der Waals surface area contributed by atoms with Crippen LogP contribution in [0.25, 0.3) is 0 Å². The van der Waals surface area contributed by atoms with Crippen molar-refractivity contribution in [1.29, 1.82) is 0 Å². The Morgan fingerprint density at radius 1 is 1.00 bits per heavy atom. The average Bonchev–Trinajstić information content (AvgIpc) is 2.67. The molecule has 0 amide bonds. The highest BCUT2D eigenvalue weighted by Crippen LogP contribution is 2.57. The minimum absolute atomic E-state index is 0.0648. The number of aryl methyl sites for hydroxylation is 1. The van der Waals surface area contributed by atoms with E-state index in [1.54, 1.807) is 6.92 Å². The molecule has 4 saturated carbocycles. The van der Waals surface area contributed by atoms with Crippen LogP contribution in [0.2, 0.25) is 0 Å². The largest absolute Gasteiger partial charge is 0.295 e. The van der Waals surface area contributed by atoms with Gasteiger partial charge in [0.25, 0.3) is 5.69 Å². The van der Waals surface area contributed by atoms with Crippen LogP contribution in [0, 0.1) is 34.8 Å². The van der Waals surface area contributed by atoms with Crippen molar-refractivity contribution < 1.29 is 13.3 Å². The van der Waals surface area contributed by atoms with E-state index in [1.165, 1.54) is 61.0 Å². The highest BCUT2D eigenvalue weighted by molar-refractivity contribution is 7.89. The van der Waals surface area contributed by atoms with Crippen LogP contribution >= 0.6 is 0 Å². The summed E-state index contributed by atoms with van der Waals surface area (Å²) >= 11 is 0. The second-order valence-corrected chi connectivity index (χ2v) is 11.6. The molecule has 0 radical (unpaired) electrons. The number of hydrogen-bond acceptors (Lipinski definition) is 5. The molecule has 7 nitrogen and oxygen atoms in total. The lowest BCUT2D eigenvalue weighted by molar-refractivity contribution is -0.385. The number of hydrogen-bond donors (Lipinski definition) is 0. The first kappa shape index (κ1) is 19.5. The maximum absolute atomic E-state index is 13.2. The Labute approximate surface area is 172 Å². The van der Waals surface area contributed by atoms with Crippen LogP contribution in [0.5, 0.6) is 0 Å². The monoisotopic (exact) mass is 419 g/mol. The maximum Gasteiger partial charge on any atom is 0.270 e. The summed E-state index contributed by atoms with van der Waals surface area (Å²) in [6.45, 7) is 4.15. The smallest absolute Gasteiger partial charge is 0.270 e. The summed E-state index contributed by atoms with van der Waals surface area (Å²) < 4.78 is 28.0. The number of nitro benzene ring substituents is 1. The summed E-state index contributed by atoms with van der Waals surface area (Å²) in [5, 5.41) is 11.1. The quantitative estimate of drug-likeness (QED) is 0.553. The zero-order valence-corrected chi connectivity index (χ0v) is 17.7. The second kappa shape index (κ2) is 6.75. The van der Waals surface area contributed by atoms with E-state index in [0.29, 0.717) is 24.2 Å². The Balaban J connectivity index is 1.33. The zero-order valence-electron chi connectivity index (χ0n) is 16.9. The summed E-state index contributed by atoms with van der Waals surface area (Å²) in [6.07, 6.45) is 8.07. The zero-order chi connectivity index (χ0) is 20.4. The fraction of sp³-hybridized carbons (Fsp3) is 0.714. The minimum Gasteiger partial charge on any atom is -0.295 e. The molecule has 4 bridgehead atoms. The predicted octanol–water partition coefficient (Wildman–Crippen LogP) is 3.18. The molecule has 1 saturated heterocycles. The van der Waals surface area contributed by atoms with E-state index >= 15 is 0 Å². The molecule has 158 valence electrons. The van der Waals surface area contributed by atoms with Gasteiger partial charge in [-0.25, -0.2) is 8.42 Å². The van der Waals surface area contributed by atoms with Gasteiger partial charge in [-0.15, -0.1) is 0 Å². The first-order chi connectivity index (χ1) is 13.8. The van der Waals surface area contributed by atoms with Crippen molar-refractivity contribution in [2.45, 2.75) is 55.9 Å². The van der Waals surface area contributed by atoms with Gasteiger partial charge in [-0.1, -0.05) is 6.07 Å². The molecule has 8 heteroatoms. The lowest BCUT2D eigenvalue weighted by atomic mass is 9.52. The van der Waals surface area contributed by atoms with Crippen molar-refractivity contribution in [3.05, 3.63) is 33.9 Å². The highest BCUT2D eigenvalue weighted by Gasteiger charge is 2.54. The summed E-state index contributed by atoms with van der Waals surface area (Å²) in [6, 6.07) is 4.09. The van der Waals surface area contributed by atoms with E-state index in [1.807, 2.05) is 0 Å². The first-order valence-corrected chi connectivity index (χ1v) is 12.2. The molecule has 4 aliphatic carbocycles. The second-order valence-electron chi connectivity index (χ2n) is 9.74. The molecule has 1 heterocycles. The summed E-state index contributed by atoms with van der Waals surface area (Å²) in [7, 11) is -3.73. The van der Waals surface area contributed by atoms with Gasteiger partial charge >= 0.3 is 0 Å². The molecule has 0 spiro atoms. The third-order valence-electron chi connectivity index (χ3n) is 7.92. The Bertz CT molecular complexity index is 902. The van der Waals surface area contributed by atoms with Crippen molar-refractivity contribution in [1.82, 2.24) is 9.21 Å². The van der Waals surface area contributed by atoms with Gasteiger partial charge in [0, 0.05) is 43.9 Å². The van der Waals surface area contributed by atoms with Crippen LogP contribution in [0.3, 0.4) is 0 Å². The molecule has 0 aromatic heterocycles. The number of benzene rings is 1. The molecule has 0 unspecified atom stereocenters. The minimum atomic E-state index is -3.73. The number of piperazine rings is 1. The average molecular weight is 420 g/mol. The summed E-state index contributed by atoms with van der Waals surface area (Å²) in [5.41, 5.74) is 0.673. The van der Waals surface area contributed by atoms with Crippen LogP contribution in [-0.4, -0.2) is 54.3 Å². The lowest BCUT2D eigenvalue weighted by Crippen LogP contribution is -2.64. The van der Waals surface area contributed by atoms with Gasteiger partial charge in [0.15, 0.2) is 0 Å². The van der Waals surface area contributed by atoms with E-state index in [2.05, 4.69) is 4.90 Å². The molecule has 6 rings (SSSR count). The van der Waals surface area contributed by atoms with Crippen LogP contribution in [0.15, 0.2) is 23.1 Å². The molecule has 1 aromatic carbocycles. The van der Waals surface area contributed by atoms with Crippen molar-refractivity contribution in [3.63, 3.8) is 0 Å². The number of non-ortho nitro benzene ring substituents is 1. The molecule has 1 aliphatic heterocycles. The first-order valence-electron chi connectivity index (χ1n) is 10.8. The fourth-order valence-electron chi connectivity index (χ4n) is 6.97. The van der Waals surface area contributed by atoms with E-state index < -0.39 is 14.9 Å². The number of sulfonamides is 1. The van der Waals surface area contributed by atoms with Crippen LogP contribution in [0.1, 0.15) is 44.1 Å². The standard InChI is InChI=1S/C21H29N3O4S/c1-15-2-3-19(24(25)26)11-20(15)29(27,28)23-6-4-22(5-7-23)21-12-16-8-17(13-21)10-18(9-16)14-21/h2-3,11,16-18H,4-10,12-14H2,1H3. The summed E-state index contributed by atoms with van der Waals surface area (Å²) in [5.74, 6) is 2.61. The van der Waals surface area contributed by atoms with Gasteiger partial charge in [0.2, 0.25) is 10.0 Å². The van der Waals surface area contributed by atoms with Crippen molar-refractivity contribution in [2.75, 3.05) is 26.2 Å². The molecule has 5 fully saturated rings. The maximum atomic E-state index is 13.2. The molecule has 1 aromatic rings. The van der Waals surface area contributed by atoms with Crippen LogP contribution < -0.4 is 0 Å². The molecule has 0 N–H and O–H groups in total. The fourth-order valence-corrected chi connectivity index (χ4v) is 8.64. The Hall–Kier alpha value is -1.51. The molecule has 5 aliphatic rings. The Kier molecular flexibility index (Phi) is 4.53. The normalized spacial score (nSPS) is 35.1. The Morgan fingerprint density at radius 2 is 1.55 bits per heavy atom. The van der Waals surface area contributed by atoms with Gasteiger partial charge in [0.1, 0.15) is 0 Å². The molecular formula is C21H29N3O4S. The topological polar surface area (TPSA) is 83.8 Å². The third-order valence-corrected chi connectivity index (χ3v) is 9.96. The van der Waals surface area contributed by atoms with Crippen molar-refractivity contribution in [2.24, 2.45) is 17.8 Å². The molecular weight excluding hydrogens is 390 g/mol.